The number of methoxy groups -OCH3 is 1. The van der Waals surface area contributed by atoms with Crippen LogP contribution in [0.2, 0.25) is 0 Å². The molecule has 3 N–H and O–H groups in total. The highest BCUT2D eigenvalue weighted by Crippen LogP contribution is 2.17. The summed E-state index contributed by atoms with van der Waals surface area (Å²) in [6.45, 7) is 5.23. The Morgan fingerprint density at radius 3 is 2.43 bits per heavy atom. The van der Waals surface area contributed by atoms with E-state index in [2.05, 4.69) is 20.9 Å². The monoisotopic (exact) mass is 440 g/mol. The molecule has 0 aliphatic heterocycles. The number of hydrogen-bond acceptors (Lipinski definition) is 3. The van der Waals surface area contributed by atoms with Gasteiger partial charge in [0.25, 0.3) is 0 Å². The molecule has 1 fully saturated rings. The molecule has 0 saturated heterocycles. The van der Waals surface area contributed by atoms with Crippen molar-refractivity contribution in [1.29, 1.82) is 0 Å². The molecule has 1 aliphatic rings. The molecule has 1 aliphatic carbocycles. The van der Waals surface area contributed by atoms with Gasteiger partial charge in [0.2, 0.25) is 5.91 Å². The van der Waals surface area contributed by atoms with Gasteiger partial charge in [0, 0.05) is 39.7 Å². The maximum absolute atomic E-state index is 11.9. The summed E-state index contributed by atoms with van der Waals surface area (Å²) < 4.78 is 5.35. The molecule has 1 rings (SSSR count). The molecule has 23 heavy (non-hydrogen) atoms. The highest BCUT2D eigenvalue weighted by atomic mass is 127. The maximum Gasteiger partial charge on any atom is 0.221 e. The van der Waals surface area contributed by atoms with Crippen LogP contribution in [0.5, 0.6) is 0 Å². The number of nitrogens with zero attached hydrogens (tertiary/aromatic N) is 1. The molecule has 6 nitrogen and oxygen atoms in total. The summed E-state index contributed by atoms with van der Waals surface area (Å²) in [5.74, 6) is 0.808. The third kappa shape index (κ3) is 10.0. The van der Waals surface area contributed by atoms with E-state index in [1.165, 1.54) is 19.3 Å². The fraction of sp³-hybridized carbons (Fsp3) is 0.875. The van der Waals surface area contributed by atoms with Gasteiger partial charge in [0.15, 0.2) is 5.96 Å². The lowest BCUT2D eigenvalue weighted by Crippen LogP contribution is -2.46. The molecule has 0 spiro atoms. The maximum atomic E-state index is 11.9. The Morgan fingerprint density at radius 1 is 1.22 bits per heavy atom. The van der Waals surface area contributed by atoms with Crippen molar-refractivity contribution >= 4 is 35.8 Å². The second kappa shape index (κ2) is 11.9. The number of halogens is 1. The number of carbonyl (C=O) groups is 1. The van der Waals surface area contributed by atoms with Crippen LogP contribution in [-0.2, 0) is 9.53 Å². The number of ether oxygens (including phenoxy) is 1. The van der Waals surface area contributed by atoms with E-state index in [4.69, 9.17) is 4.74 Å². The van der Waals surface area contributed by atoms with Crippen LogP contribution in [0.3, 0.4) is 0 Å². The van der Waals surface area contributed by atoms with Crippen LogP contribution < -0.4 is 16.0 Å². The van der Waals surface area contributed by atoms with Gasteiger partial charge in [0.1, 0.15) is 0 Å². The van der Waals surface area contributed by atoms with E-state index >= 15 is 0 Å². The predicted octanol–water partition coefficient (Wildman–Crippen LogP) is 2.03. The van der Waals surface area contributed by atoms with Crippen LogP contribution in [0, 0.1) is 0 Å². The molecule has 0 aromatic heterocycles. The minimum Gasteiger partial charge on any atom is -0.377 e. The van der Waals surface area contributed by atoms with E-state index < -0.39 is 0 Å². The summed E-state index contributed by atoms with van der Waals surface area (Å²) >= 11 is 0. The van der Waals surface area contributed by atoms with Crippen molar-refractivity contribution in [2.75, 3.05) is 27.2 Å². The van der Waals surface area contributed by atoms with Gasteiger partial charge in [-0.15, -0.1) is 24.0 Å². The van der Waals surface area contributed by atoms with E-state index in [0.717, 1.165) is 12.8 Å². The standard InChI is InChI=1S/C16H32N4O2.HI/c1-16(2,22-4)12-19-15(17-3)18-11-10-14(21)20-13-8-6-5-7-9-13;/h13H,5-12H2,1-4H3,(H,20,21)(H2,17,18,19);1H. The molecule has 0 unspecified atom stereocenters. The van der Waals surface area contributed by atoms with Crippen LogP contribution in [-0.4, -0.2) is 50.8 Å². The second-order valence-corrected chi connectivity index (χ2v) is 6.47. The van der Waals surface area contributed by atoms with Crippen LogP contribution in [0.25, 0.3) is 0 Å². The van der Waals surface area contributed by atoms with Crippen molar-refractivity contribution in [3.63, 3.8) is 0 Å². The number of rotatable bonds is 7. The largest absolute Gasteiger partial charge is 0.377 e. The van der Waals surface area contributed by atoms with Gasteiger partial charge in [-0.3, -0.25) is 9.79 Å². The molecule has 0 heterocycles. The van der Waals surface area contributed by atoms with Crippen molar-refractivity contribution in [2.24, 2.45) is 4.99 Å². The van der Waals surface area contributed by atoms with E-state index in [1.54, 1.807) is 14.2 Å². The molecule has 1 saturated carbocycles. The molecule has 0 bridgehead atoms. The zero-order valence-corrected chi connectivity index (χ0v) is 17.2. The summed E-state index contributed by atoms with van der Waals surface area (Å²) in [5, 5.41) is 9.47. The zero-order chi connectivity index (χ0) is 16.4. The van der Waals surface area contributed by atoms with E-state index in [-0.39, 0.29) is 35.5 Å². The van der Waals surface area contributed by atoms with E-state index in [9.17, 15) is 4.79 Å². The van der Waals surface area contributed by atoms with Gasteiger partial charge in [-0.25, -0.2) is 0 Å². The van der Waals surface area contributed by atoms with Crippen LogP contribution in [0.1, 0.15) is 52.4 Å². The fourth-order valence-corrected chi connectivity index (χ4v) is 2.43. The molecule has 0 radical (unpaired) electrons. The summed E-state index contributed by atoms with van der Waals surface area (Å²) in [4.78, 5) is 16.1. The first-order valence-electron chi connectivity index (χ1n) is 8.26. The Morgan fingerprint density at radius 2 is 1.87 bits per heavy atom. The first-order valence-corrected chi connectivity index (χ1v) is 8.26. The molecule has 0 aromatic carbocycles. The number of hydrogen-bond donors (Lipinski definition) is 3. The smallest absolute Gasteiger partial charge is 0.221 e. The van der Waals surface area contributed by atoms with Gasteiger partial charge in [-0.1, -0.05) is 19.3 Å². The highest BCUT2D eigenvalue weighted by Gasteiger charge is 2.17. The number of guanidine groups is 1. The summed E-state index contributed by atoms with van der Waals surface area (Å²) in [5.41, 5.74) is -0.254. The predicted molar refractivity (Wildman–Crippen MR) is 106 cm³/mol. The molecule has 0 atom stereocenters. The molecule has 136 valence electrons. The molecule has 0 aromatic rings. The lowest BCUT2D eigenvalue weighted by atomic mass is 9.95. The fourth-order valence-electron chi connectivity index (χ4n) is 2.43. The SMILES string of the molecule is CN=C(NCCC(=O)NC1CCCCC1)NCC(C)(C)OC.I. The van der Waals surface area contributed by atoms with Gasteiger partial charge >= 0.3 is 0 Å². The summed E-state index contributed by atoms with van der Waals surface area (Å²) in [6.07, 6.45) is 6.46. The minimum atomic E-state index is -0.254. The van der Waals surface area contributed by atoms with Crippen LogP contribution in [0.15, 0.2) is 4.99 Å². The molecule has 1 amide bonds. The Labute approximate surface area is 157 Å². The topological polar surface area (TPSA) is 74.8 Å². The molecular weight excluding hydrogens is 407 g/mol. The average Bonchev–Trinajstić information content (AvgIpc) is 2.51. The first-order chi connectivity index (χ1) is 10.5. The normalized spacial score (nSPS) is 16.4. The lowest BCUT2D eigenvalue weighted by Gasteiger charge is -2.24. The van der Waals surface area contributed by atoms with Crippen molar-refractivity contribution in [1.82, 2.24) is 16.0 Å². The Kier molecular flexibility index (Phi) is 11.6. The van der Waals surface area contributed by atoms with Gasteiger partial charge in [-0.05, 0) is 26.7 Å². The highest BCUT2D eigenvalue weighted by molar-refractivity contribution is 14.0. The zero-order valence-electron chi connectivity index (χ0n) is 14.9. The first kappa shape index (κ1) is 22.4. The number of nitrogens with one attached hydrogen (secondary N) is 3. The van der Waals surface area contributed by atoms with Crippen molar-refractivity contribution in [2.45, 2.75) is 64.0 Å². The third-order valence-corrected chi connectivity index (χ3v) is 4.07. The van der Waals surface area contributed by atoms with Crippen LogP contribution in [0.4, 0.5) is 0 Å². The number of aliphatic imine (C=N–C) groups is 1. The summed E-state index contributed by atoms with van der Waals surface area (Å²) in [6, 6.07) is 0.376. The Bertz CT molecular complexity index is 369. The summed E-state index contributed by atoms with van der Waals surface area (Å²) in [7, 11) is 3.41. The van der Waals surface area contributed by atoms with Gasteiger partial charge in [0.05, 0.1) is 5.60 Å². The lowest BCUT2D eigenvalue weighted by molar-refractivity contribution is -0.121. The number of carbonyl (C=O) groups excluding carboxylic acids is 1. The number of amides is 1. The van der Waals surface area contributed by atoms with E-state index in [0.29, 0.717) is 31.5 Å². The van der Waals surface area contributed by atoms with Gasteiger partial charge in [-0.2, -0.15) is 0 Å². The second-order valence-electron chi connectivity index (χ2n) is 6.47. The van der Waals surface area contributed by atoms with Gasteiger partial charge < -0.3 is 20.7 Å². The molecule has 7 heteroatoms. The van der Waals surface area contributed by atoms with E-state index in [1.807, 2.05) is 13.8 Å². The minimum absolute atomic E-state index is 0. The third-order valence-electron chi connectivity index (χ3n) is 4.07. The molecular formula is C16H33IN4O2. The van der Waals surface area contributed by atoms with Crippen molar-refractivity contribution in [3.05, 3.63) is 0 Å². The van der Waals surface area contributed by atoms with Crippen molar-refractivity contribution < 1.29 is 9.53 Å². The van der Waals surface area contributed by atoms with Crippen molar-refractivity contribution in [3.8, 4) is 0 Å². The average molecular weight is 440 g/mol. The Hall–Kier alpha value is -0.570. The quantitative estimate of drug-likeness (QED) is 0.322. The Balaban J connectivity index is 0.00000484. The van der Waals surface area contributed by atoms with Crippen LogP contribution >= 0.6 is 24.0 Å².